The second-order valence-electron chi connectivity index (χ2n) is 4.79. The maximum absolute atomic E-state index is 12.1. The molecule has 0 aliphatic rings. The molecule has 1 aromatic heterocycles. The van der Waals surface area contributed by atoms with E-state index in [1.54, 1.807) is 12.1 Å². The van der Waals surface area contributed by atoms with Gasteiger partial charge in [-0.3, -0.25) is 4.79 Å². The van der Waals surface area contributed by atoms with E-state index in [-0.39, 0.29) is 5.91 Å². The summed E-state index contributed by atoms with van der Waals surface area (Å²) in [5.41, 5.74) is 2.33. The van der Waals surface area contributed by atoms with Gasteiger partial charge in [0.2, 0.25) is 0 Å². The zero-order chi connectivity index (χ0) is 15.2. The summed E-state index contributed by atoms with van der Waals surface area (Å²) in [5.74, 6) is -0.163. The van der Waals surface area contributed by atoms with Gasteiger partial charge >= 0.3 is 0 Å². The van der Waals surface area contributed by atoms with Gasteiger partial charge < -0.3 is 10.2 Å². The maximum atomic E-state index is 12.1. The van der Waals surface area contributed by atoms with Gasteiger partial charge in [-0.05, 0) is 42.8 Å². The average molecular weight is 304 g/mol. The van der Waals surface area contributed by atoms with Crippen LogP contribution in [-0.4, -0.2) is 24.5 Å². The van der Waals surface area contributed by atoms with Crippen LogP contribution in [-0.2, 0) is 0 Å². The maximum Gasteiger partial charge on any atom is 0.255 e. The molecule has 0 unspecified atom stereocenters. The molecule has 0 aliphatic carbocycles. The third kappa shape index (κ3) is 4.20. The van der Waals surface area contributed by atoms with Gasteiger partial charge in [-0.1, -0.05) is 18.5 Å². The molecule has 0 bridgehead atoms. The number of amides is 1. The molecule has 1 N–H and O–H groups in total. The minimum atomic E-state index is -0.163. The molecule has 0 saturated heterocycles. The second-order valence-corrected chi connectivity index (χ2v) is 5.18. The minimum absolute atomic E-state index is 0.163. The number of hydrogen-bond acceptors (Lipinski definition) is 3. The molecule has 0 radical (unpaired) electrons. The first-order chi connectivity index (χ1) is 10.1. The van der Waals surface area contributed by atoms with Crippen molar-refractivity contribution in [3.63, 3.8) is 0 Å². The van der Waals surface area contributed by atoms with Crippen LogP contribution < -0.4 is 10.2 Å². The van der Waals surface area contributed by atoms with Crippen LogP contribution in [0.2, 0.25) is 5.15 Å². The first-order valence-corrected chi connectivity index (χ1v) is 7.22. The van der Waals surface area contributed by atoms with Gasteiger partial charge in [0.15, 0.2) is 0 Å². The van der Waals surface area contributed by atoms with Gasteiger partial charge in [-0.25, -0.2) is 4.98 Å². The summed E-state index contributed by atoms with van der Waals surface area (Å²) in [5, 5.41) is 3.18. The van der Waals surface area contributed by atoms with E-state index < -0.39 is 0 Å². The molecule has 1 heterocycles. The van der Waals surface area contributed by atoms with Crippen LogP contribution in [0.5, 0.6) is 0 Å². The van der Waals surface area contributed by atoms with Crippen molar-refractivity contribution < 1.29 is 4.79 Å². The third-order valence-electron chi connectivity index (χ3n) is 3.11. The number of hydrogen-bond donors (Lipinski definition) is 1. The molecule has 2 aromatic rings. The van der Waals surface area contributed by atoms with Crippen molar-refractivity contribution in [3.05, 3.63) is 53.3 Å². The second kappa shape index (κ2) is 7.09. The topological polar surface area (TPSA) is 45.2 Å². The highest BCUT2D eigenvalue weighted by Gasteiger charge is 2.07. The fraction of sp³-hybridized carbons (Fsp3) is 0.250. The number of pyridine rings is 1. The molecule has 0 spiro atoms. The van der Waals surface area contributed by atoms with E-state index in [0.29, 0.717) is 16.4 Å². The molecule has 0 atom stereocenters. The Hall–Kier alpha value is -2.07. The van der Waals surface area contributed by atoms with Crippen molar-refractivity contribution >= 4 is 28.9 Å². The van der Waals surface area contributed by atoms with Crippen LogP contribution >= 0.6 is 11.6 Å². The summed E-state index contributed by atoms with van der Waals surface area (Å²) < 4.78 is 0. The van der Waals surface area contributed by atoms with Gasteiger partial charge in [-0.15, -0.1) is 0 Å². The predicted molar refractivity (Wildman–Crippen MR) is 87.2 cm³/mol. The Morgan fingerprint density at radius 2 is 1.95 bits per heavy atom. The lowest BCUT2D eigenvalue weighted by Crippen LogP contribution is -2.18. The number of carbonyl (C=O) groups is 1. The van der Waals surface area contributed by atoms with Crippen molar-refractivity contribution in [3.8, 4) is 0 Å². The normalized spacial score (nSPS) is 10.2. The lowest BCUT2D eigenvalue weighted by Gasteiger charge is -2.18. The first-order valence-electron chi connectivity index (χ1n) is 6.84. The number of halogens is 1. The van der Waals surface area contributed by atoms with E-state index >= 15 is 0 Å². The number of nitrogens with zero attached hydrogens (tertiary/aromatic N) is 2. The van der Waals surface area contributed by atoms with E-state index in [1.807, 2.05) is 31.3 Å². The fourth-order valence-corrected chi connectivity index (χ4v) is 2.10. The summed E-state index contributed by atoms with van der Waals surface area (Å²) >= 11 is 5.71. The zero-order valence-corrected chi connectivity index (χ0v) is 12.9. The van der Waals surface area contributed by atoms with Gasteiger partial charge in [-0.2, -0.15) is 0 Å². The molecule has 4 nitrogen and oxygen atoms in total. The molecule has 2 rings (SSSR count). The Bertz CT molecular complexity index is 596. The number of nitrogens with one attached hydrogen (secondary N) is 1. The van der Waals surface area contributed by atoms with Gasteiger partial charge in [0.25, 0.3) is 5.91 Å². The summed E-state index contributed by atoms with van der Waals surface area (Å²) in [6.07, 6.45) is 2.62. The molecule has 110 valence electrons. The summed E-state index contributed by atoms with van der Waals surface area (Å²) in [7, 11) is 2.04. The first kappa shape index (κ1) is 15.3. The van der Waals surface area contributed by atoms with E-state index in [9.17, 15) is 4.79 Å². The lowest BCUT2D eigenvalue weighted by atomic mass is 10.2. The number of rotatable bonds is 5. The molecule has 0 aliphatic heterocycles. The Morgan fingerprint density at radius 1 is 1.24 bits per heavy atom. The third-order valence-corrected chi connectivity index (χ3v) is 3.34. The van der Waals surface area contributed by atoms with Crippen molar-refractivity contribution in [1.82, 2.24) is 4.98 Å². The standard InChI is InChI=1S/C16H18ClN3O/c1-3-10-20(2)14-7-4-12(5-8-14)16(21)19-13-6-9-15(17)18-11-13/h4-9,11H,3,10H2,1-2H3,(H,19,21). The quantitative estimate of drug-likeness (QED) is 0.854. The fourth-order valence-electron chi connectivity index (χ4n) is 1.98. The van der Waals surface area contributed by atoms with E-state index in [1.165, 1.54) is 6.20 Å². The molecule has 0 fully saturated rings. The Labute approximate surface area is 129 Å². The Morgan fingerprint density at radius 3 is 2.52 bits per heavy atom. The van der Waals surface area contributed by atoms with Crippen LogP contribution in [0.1, 0.15) is 23.7 Å². The zero-order valence-electron chi connectivity index (χ0n) is 12.1. The molecule has 21 heavy (non-hydrogen) atoms. The highest BCUT2D eigenvalue weighted by atomic mass is 35.5. The highest BCUT2D eigenvalue weighted by molar-refractivity contribution is 6.29. The van der Waals surface area contributed by atoms with Gasteiger partial charge in [0.05, 0.1) is 11.9 Å². The largest absolute Gasteiger partial charge is 0.375 e. The number of aromatic nitrogens is 1. The summed E-state index contributed by atoms with van der Waals surface area (Å²) in [6, 6.07) is 10.9. The number of anilines is 2. The van der Waals surface area contributed by atoms with Crippen molar-refractivity contribution in [2.75, 3.05) is 23.8 Å². The van der Waals surface area contributed by atoms with Crippen molar-refractivity contribution in [1.29, 1.82) is 0 Å². The molecule has 1 aromatic carbocycles. The van der Waals surface area contributed by atoms with Crippen LogP contribution in [0.3, 0.4) is 0 Å². The monoisotopic (exact) mass is 303 g/mol. The van der Waals surface area contributed by atoms with Gasteiger partial charge in [0.1, 0.15) is 5.15 Å². The highest BCUT2D eigenvalue weighted by Crippen LogP contribution is 2.16. The Kier molecular flexibility index (Phi) is 5.17. The SMILES string of the molecule is CCCN(C)c1ccc(C(=O)Nc2ccc(Cl)nc2)cc1. The number of benzene rings is 1. The van der Waals surface area contributed by atoms with Crippen LogP contribution in [0, 0.1) is 0 Å². The smallest absolute Gasteiger partial charge is 0.255 e. The molecule has 1 amide bonds. The van der Waals surface area contributed by atoms with Crippen LogP contribution in [0.15, 0.2) is 42.6 Å². The van der Waals surface area contributed by atoms with Crippen LogP contribution in [0.4, 0.5) is 11.4 Å². The summed E-state index contributed by atoms with van der Waals surface area (Å²) in [6.45, 7) is 3.13. The Balaban J connectivity index is 2.04. The molecule has 5 heteroatoms. The lowest BCUT2D eigenvalue weighted by molar-refractivity contribution is 0.102. The van der Waals surface area contributed by atoms with Crippen molar-refractivity contribution in [2.24, 2.45) is 0 Å². The molecular weight excluding hydrogens is 286 g/mol. The van der Waals surface area contributed by atoms with Gasteiger partial charge in [0, 0.05) is 24.8 Å². The van der Waals surface area contributed by atoms with Crippen LogP contribution in [0.25, 0.3) is 0 Å². The minimum Gasteiger partial charge on any atom is -0.375 e. The molecule has 0 saturated carbocycles. The molecular formula is C16H18ClN3O. The van der Waals surface area contributed by atoms with E-state index in [4.69, 9.17) is 11.6 Å². The average Bonchev–Trinajstić information content (AvgIpc) is 2.50. The van der Waals surface area contributed by atoms with E-state index in [2.05, 4.69) is 22.1 Å². The number of carbonyl (C=O) groups excluding carboxylic acids is 1. The van der Waals surface area contributed by atoms with Crippen molar-refractivity contribution in [2.45, 2.75) is 13.3 Å². The summed E-state index contributed by atoms with van der Waals surface area (Å²) in [4.78, 5) is 18.2. The van der Waals surface area contributed by atoms with E-state index in [0.717, 1.165) is 18.7 Å². The predicted octanol–water partition coefficient (Wildman–Crippen LogP) is 3.83.